The van der Waals surface area contributed by atoms with E-state index in [9.17, 15) is 14.4 Å². The van der Waals surface area contributed by atoms with Gasteiger partial charge in [-0.3, -0.25) is 4.79 Å². The molecule has 1 heterocycles. The number of nitrogens with zero attached hydrogens (tertiary/aromatic N) is 2. The molecular formula is C13H13Cl2N3O3S. The van der Waals surface area contributed by atoms with Gasteiger partial charge in [-0.15, -0.1) is 0 Å². The molecule has 118 valence electrons. The molecule has 0 aliphatic carbocycles. The Morgan fingerprint density at radius 2 is 1.91 bits per heavy atom. The van der Waals surface area contributed by atoms with Crippen molar-refractivity contribution in [2.45, 2.75) is 0 Å². The molecule has 0 atom stereocenters. The lowest BCUT2D eigenvalue weighted by molar-refractivity contribution is -0.116. The van der Waals surface area contributed by atoms with E-state index in [1.165, 1.54) is 18.2 Å². The number of hydrogen-bond donors (Lipinski definition) is 1. The maximum atomic E-state index is 12.3. The minimum Gasteiger partial charge on any atom is -0.337 e. The summed E-state index contributed by atoms with van der Waals surface area (Å²) in [4.78, 5) is 38.0. The van der Waals surface area contributed by atoms with Gasteiger partial charge >= 0.3 is 12.1 Å². The van der Waals surface area contributed by atoms with Crippen LogP contribution < -0.4 is 10.2 Å². The lowest BCUT2D eigenvalue weighted by Gasteiger charge is -2.16. The van der Waals surface area contributed by atoms with Crippen LogP contribution in [0.25, 0.3) is 0 Å². The van der Waals surface area contributed by atoms with E-state index in [4.69, 9.17) is 23.2 Å². The molecule has 1 aromatic carbocycles. The zero-order valence-corrected chi connectivity index (χ0v) is 14.0. The topological polar surface area (TPSA) is 69.7 Å². The van der Waals surface area contributed by atoms with Gasteiger partial charge in [0.15, 0.2) is 0 Å². The van der Waals surface area contributed by atoms with Crippen molar-refractivity contribution in [1.82, 2.24) is 10.2 Å². The quantitative estimate of drug-likeness (QED) is 0.661. The fourth-order valence-electron chi connectivity index (χ4n) is 1.94. The molecule has 0 spiro atoms. The second kappa shape index (κ2) is 7.21. The van der Waals surface area contributed by atoms with E-state index in [-0.39, 0.29) is 12.2 Å². The van der Waals surface area contributed by atoms with Gasteiger partial charge in [-0.05, 0) is 24.5 Å². The fourth-order valence-corrected chi connectivity index (χ4v) is 2.76. The predicted octanol–water partition coefficient (Wildman–Crippen LogP) is 2.83. The number of thioether (sulfide) groups is 1. The SMILES string of the molecule is CSCCNC(=O)N1CC(=O)N(c2cc(Cl)cc(Cl)c2)C1=O. The summed E-state index contributed by atoms with van der Waals surface area (Å²) < 4.78 is 0. The summed E-state index contributed by atoms with van der Waals surface area (Å²) in [5.74, 6) is 0.207. The van der Waals surface area contributed by atoms with E-state index < -0.39 is 18.0 Å². The molecule has 0 saturated carbocycles. The average Bonchev–Trinajstić information content (AvgIpc) is 2.73. The normalized spacial score (nSPS) is 14.7. The van der Waals surface area contributed by atoms with E-state index in [2.05, 4.69) is 5.32 Å². The van der Waals surface area contributed by atoms with Crippen LogP contribution in [-0.4, -0.2) is 48.0 Å². The highest BCUT2D eigenvalue weighted by Crippen LogP contribution is 2.28. The first-order valence-electron chi connectivity index (χ1n) is 6.31. The van der Waals surface area contributed by atoms with E-state index >= 15 is 0 Å². The van der Waals surface area contributed by atoms with E-state index in [0.717, 1.165) is 15.6 Å². The van der Waals surface area contributed by atoms with Crippen molar-refractivity contribution in [2.75, 3.05) is 30.0 Å². The van der Waals surface area contributed by atoms with Gasteiger partial charge in [0.1, 0.15) is 6.54 Å². The number of urea groups is 2. The Balaban J connectivity index is 2.16. The van der Waals surface area contributed by atoms with Gasteiger partial charge < -0.3 is 5.32 Å². The third-order valence-electron chi connectivity index (χ3n) is 2.90. The number of hydrogen-bond acceptors (Lipinski definition) is 4. The summed E-state index contributed by atoms with van der Waals surface area (Å²) in [5, 5.41) is 3.18. The second-order valence-corrected chi connectivity index (χ2v) is 6.31. The molecule has 1 N–H and O–H groups in total. The standard InChI is InChI=1S/C13H13Cl2N3O3S/c1-22-3-2-16-12(20)17-7-11(19)18(13(17)21)10-5-8(14)4-9(15)6-10/h4-6H,2-3,7H2,1H3,(H,16,20). The largest absolute Gasteiger partial charge is 0.340 e. The first kappa shape index (κ1) is 16.9. The second-order valence-electron chi connectivity index (χ2n) is 4.45. The van der Waals surface area contributed by atoms with Gasteiger partial charge in [0.25, 0.3) is 5.91 Å². The molecule has 0 unspecified atom stereocenters. The Labute approximate surface area is 141 Å². The Kier molecular flexibility index (Phi) is 5.55. The Morgan fingerprint density at radius 3 is 2.50 bits per heavy atom. The zero-order chi connectivity index (χ0) is 16.3. The minimum atomic E-state index is -0.718. The summed E-state index contributed by atoms with van der Waals surface area (Å²) in [5.41, 5.74) is 0.243. The van der Waals surface area contributed by atoms with Crippen LogP contribution >= 0.6 is 35.0 Å². The highest BCUT2D eigenvalue weighted by atomic mass is 35.5. The van der Waals surface area contributed by atoms with Crippen molar-refractivity contribution in [1.29, 1.82) is 0 Å². The van der Waals surface area contributed by atoms with Crippen LogP contribution in [0.15, 0.2) is 18.2 Å². The molecule has 2 rings (SSSR count). The number of benzene rings is 1. The van der Waals surface area contributed by atoms with Crippen LogP contribution in [0.3, 0.4) is 0 Å². The van der Waals surface area contributed by atoms with Crippen molar-refractivity contribution in [3.05, 3.63) is 28.2 Å². The molecule has 0 bridgehead atoms. The van der Waals surface area contributed by atoms with Gasteiger partial charge in [0.2, 0.25) is 0 Å². The van der Waals surface area contributed by atoms with Crippen molar-refractivity contribution in [3.63, 3.8) is 0 Å². The van der Waals surface area contributed by atoms with Crippen molar-refractivity contribution >= 4 is 58.6 Å². The van der Waals surface area contributed by atoms with Crippen LogP contribution in [0.4, 0.5) is 15.3 Å². The number of anilines is 1. The molecule has 22 heavy (non-hydrogen) atoms. The minimum absolute atomic E-state index is 0.243. The summed E-state index contributed by atoms with van der Waals surface area (Å²) >= 11 is 13.3. The van der Waals surface area contributed by atoms with Crippen LogP contribution in [-0.2, 0) is 4.79 Å². The Morgan fingerprint density at radius 1 is 1.27 bits per heavy atom. The molecule has 1 saturated heterocycles. The van der Waals surface area contributed by atoms with Gasteiger partial charge in [-0.1, -0.05) is 23.2 Å². The molecule has 0 radical (unpaired) electrons. The molecule has 1 fully saturated rings. The van der Waals surface area contributed by atoms with Crippen molar-refractivity contribution in [2.24, 2.45) is 0 Å². The fraction of sp³-hybridized carbons (Fsp3) is 0.308. The van der Waals surface area contributed by atoms with Crippen LogP contribution in [0.2, 0.25) is 10.0 Å². The monoisotopic (exact) mass is 361 g/mol. The number of amides is 5. The molecule has 9 heteroatoms. The first-order valence-corrected chi connectivity index (χ1v) is 8.46. The molecule has 5 amide bonds. The number of carbonyl (C=O) groups is 3. The lowest BCUT2D eigenvalue weighted by atomic mass is 10.3. The number of rotatable bonds is 4. The Bertz CT molecular complexity index is 606. The highest BCUT2D eigenvalue weighted by Gasteiger charge is 2.40. The van der Waals surface area contributed by atoms with Gasteiger partial charge in [-0.25, -0.2) is 19.4 Å². The van der Waals surface area contributed by atoms with Crippen LogP contribution in [0.5, 0.6) is 0 Å². The third-order valence-corrected chi connectivity index (χ3v) is 3.95. The molecule has 6 nitrogen and oxygen atoms in total. The summed E-state index contributed by atoms with van der Waals surface area (Å²) in [6.07, 6.45) is 1.90. The number of carbonyl (C=O) groups excluding carboxylic acids is 3. The van der Waals surface area contributed by atoms with Gasteiger partial charge in [0, 0.05) is 22.3 Å². The molecule has 1 aliphatic rings. The Hall–Kier alpha value is -1.44. The van der Waals surface area contributed by atoms with Crippen LogP contribution in [0.1, 0.15) is 0 Å². The number of nitrogens with one attached hydrogen (secondary N) is 1. The van der Waals surface area contributed by atoms with Gasteiger partial charge in [-0.2, -0.15) is 11.8 Å². The molecule has 1 aromatic rings. The maximum Gasteiger partial charge on any atom is 0.340 e. The van der Waals surface area contributed by atoms with Crippen molar-refractivity contribution in [3.8, 4) is 0 Å². The summed E-state index contributed by atoms with van der Waals surface area (Å²) in [6, 6.07) is 3.06. The summed E-state index contributed by atoms with van der Waals surface area (Å²) in [7, 11) is 0. The summed E-state index contributed by atoms with van der Waals surface area (Å²) in [6.45, 7) is 0.106. The predicted molar refractivity (Wildman–Crippen MR) is 87.8 cm³/mol. The zero-order valence-electron chi connectivity index (χ0n) is 11.6. The number of imide groups is 2. The molecule has 0 aromatic heterocycles. The number of halogens is 2. The van der Waals surface area contributed by atoms with Gasteiger partial charge in [0.05, 0.1) is 5.69 Å². The van der Waals surface area contributed by atoms with E-state index in [1.807, 2.05) is 6.26 Å². The molecular weight excluding hydrogens is 349 g/mol. The van der Waals surface area contributed by atoms with E-state index in [1.54, 1.807) is 11.8 Å². The average molecular weight is 362 g/mol. The smallest absolute Gasteiger partial charge is 0.337 e. The highest BCUT2D eigenvalue weighted by molar-refractivity contribution is 7.98. The van der Waals surface area contributed by atoms with Crippen molar-refractivity contribution < 1.29 is 14.4 Å². The lowest BCUT2D eigenvalue weighted by Crippen LogP contribution is -2.43. The first-order chi connectivity index (χ1) is 10.4. The van der Waals surface area contributed by atoms with Crippen LogP contribution in [0, 0.1) is 0 Å². The maximum absolute atomic E-state index is 12.3. The van der Waals surface area contributed by atoms with E-state index in [0.29, 0.717) is 16.6 Å². The molecule has 1 aliphatic heterocycles. The third kappa shape index (κ3) is 3.66.